The zero-order valence-electron chi connectivity index (χ0n) is 11.4. The molecule has 0 radical (unpaired) electrons. The van der Waals surface area contributed by atoms with Crippen LogP contribution >= 0.6 is 11.8 Å². The number of nitrogens with one attached hydrogen (secondary N) is 2. The van der Waals surface area contributed by atoms with Gasteiger partial charge in [-0.3, -0.25) is 9.59 Å². The van der Waals surface area contributed by atoms with E-state index in [-0.39, 0.29) is 11.8 Å². The maximum absolute atomic E-state index is 11.8. The summed E-state index contributed by atoms with van der Waals surface area (Å²) in [6.45, 7) is 2.62. The van der Waals surface area contributed by atoms with Crippen LogP contribution in [0, 0.1) is 5.92 Å². The summed E-state index contributed by atoms with van der Waals surface area (Å²) in [5, 5.41) is 5.65. The van der Waals surface area contributed by atoms with Crippen molar-refractivity contribution in [3.05, 3.63) is 18.2 Å². The Labute approximate surface area is 122 Å². The van der Waals surface area contributed by atoms with Crippen LogP contribution in [0.2, 0.25) is 0 Å². The molecule has 1 aromatic carbocycles. The van der Waals surface area contributed by atoms with Gasteiger partial charge in [-0.2, -0.15) is 0 Å². The van der Waals surface area contributed by atoms with Crippen molar-refractivity contribution < 1.29 is 9.59 Å². The highest BCUT2D eigenvalue weighted by Gasteiger charge is 2.16. The van der Waals surface area contributed by atoms with Crippen molar-refractivity contribution in [2.24, 2.45) is 11.7 Å². The summed E-state index contributed by atoms with van der Waals surface area (Å²) in [5.74, 6) is 0.748. The summed E-state index contributed by atoms with van der Waals surface area (Å²) in [6, 6.07) is 5.56. The smallest absolute Gasteiger partial charge is 0.234 e. The summed E-state index contributed by atoms with van der Waals surface area (Å²) in [6.07, 6.45) is 1.23. The summed E-state index contributed by atoms with van der Waals surface area (Å²) in [4.78, 5) is 24.2. The first-order valence-electron chi connectivity index (χ1n) is 6.65. The molecule has 1 heterocycles. The molecule has 1 aliphatic heterocycles. The number of anilines is 2. The molecule has 5 nitrogen and oxygen atoms in total. The summed E-state index contributed by atoms with van der Waals surface area (Å²) in [5.41, 5.74) is 6.99. The Kier molecular flexibility index (Phi) is 5.03. The van der Waals surface area contributed by atoms with Gasteiger partial charge in [0.1, 0.15) is 0 Å². The van der Waals surface area contributed by atoms with Gasteiger partial charge in [0.2, 0.25) is 11.8 Å². The van der Waals surface area contributed by atoms with Crippen LogP contribution in [0.3, 0.4) is 0 Å². The van der Waals surface area contributed by atoms with Crippen LogP contribution in [0.4, 0.5) is 11.4 Å². The molecule has 0 saturated heterocycles. The van der Waals surface area contributed by atoms with E-state index in [2.05, 4.69) is 10.6 Å². The molecule has 0 aromatic heterocycles. The molecule has 2 amide bonds. The number of fused-ring (bicyclic) bond motifs is 1. The SMILES string of the molecule is CC(CN)CCC(=O)Nc1ccc2c(c1)NC(=O)CS2. The molecule has 20 heavy (non-hydrogen) atoms. The number of hydrogen-bond donors (Lipinski definition) is 3. The van der Waals surface area contributed by atoms with Gasteiger partial charge in [0.25, 0.3) is 0 Å². The lowest BCUT2D eigenvalue weighted by atomic mass is 10.1. The molecule has 0 saturated carbocycles. The molecule has 108 valence electrons. The van der Waals surface area contributed by atoms with E-state index in [1.165, 1.54) is 11.8 Å². The standard InChI is InChI=1S/C14H19N3O2S/c1-9(7-15)2-5-13(18)16-10-3-4-12-11(6-10)17-14(19)8-20-12/h3-4,6,9H,2,5,7-8,15H2,1H3,(H,16,18)(H,17,19). The molecular weight excluding hydrogens is 274 g/mol. The molecule has 1 atom stereocenters. The Bertz CT molecular complexity index is 519. The average Bonchev–Trinajstić information content (AvgIpc) is 2.44. The molecule has 1 aromatic rings. The second kappa shape index (κ2) is 6.76. The van der Waals surface area contributed by atoms with Gasteiger partial charge in [0.15, 0.2) is 0 Å². The topological polar surface area (TPSA) is 84.2 Å². The molecule has 2 rings (SSSR count). The Morgan fingerprint density at radius 1 is 1.55 bits per heavy atom. The second-order valence-corrected chi connectivity index (χ2v) is 5.99. The minimum atomic E-state index is -0.0277. The maximum atomic E-state index is 11.8. The number of carbonyl (C=O) groups is 2. The lowest BCUT2D eigenvalue weighted by molar-refractivity contribution is -0.116. The van der Waals surface area contributed by atoms with E-state index in [1.54, 1.807) is 6.07 Å². The summed E-state index contributed by atoms with van der Waals surface area (Å²) in [7, 11) is 0. The number of amides is 2. The van der Waals surface area contributed by atoms with E-state index in [0.717, 1.165) is 17.0 Å². The third kappa shape index (κ3) is 3.98. The van der Waals surface area contributed by atoms with Crippen molar-refractivity contribution in [2.75, 3.05) is 22.9 Å². The Balaban J connectivity index is 1.95. The molecule has 0 spiro atoms. The van der Waals surface area contributed by atoms with Crippen molar-refractivity contribution in [1.82, 2.24) is 0 Å². The molecule has 0 fully saturated rings. The zero-order chi connectivity index (χ0) is 14.5. The third-order valence-electron chi connectivity index (χ3n) is 3.16. The second-order valence-electron chi connectivity index (χ2n) is 4.98. The summed E-state index contributed by atoms with van der Waals surface area (Å²) >= 11 is 1.50. The van der Waals surface area contributed by atoms with E-state index in [0.29, 0.717) is 30.3 Å². The number of rotatable bonds is 5. The highest BCUT2D eigenvalue weighted by molar-refractivity contribution is 8.00. The normalized spacial score (nSPS) is 15.2. The Morgan fingerprint density at radius 3 is 3.10 bits per heavy atom. The first kappa shape index (κ1) is 14.9. The zero-order valence-corrected chi connectivity index (χ0v) is 12.3. The predicted octanol–water partition coefficient (Wildman–Crippen LogP) is 2.04. The van der Waals surface area contributed by atoms with E-state index < -0.39 is 0 Å². The van der Waals surface area contributed by atoms with Crippen molar-refractivity contribution in [3.63, 3.8) is 0 Å². The average molecular weight is 293 g/mol. The van der Waals surface area contributed by atoms with E-state index in [9.17, 15) is 9.59 Å². The van der Waals surface area contributed by atoms with Gasteiger partial charge in [0.05, 0.1) is 11.4 Å². The van der Waals surface area contributed by atoms with Gasteiger partial charge < -0.3 is 16.4 Å². The Hall–Kier alpha value is -1.53. The molecule has 1 unspecified atom stereocenters. The third-order valence-corrected chi connectivity index (χ3v) is 4.24. The summed E-state index contributed by atoms with van der Waals surface area (Å²) < 4.78 is 0. The molecule has 1 aliphatic rings. The number of hydrogen-bond acceptors (Lipinski definition) is 4. The fourth-order valence-corrected chi connectivity index (χ4v) is 2.67. The van der Waals surface area contributed by atoms with Crippen LogP contribution in [0.1, 0.15) is 19.8 Å². The molecule has 4 N–H and O–H groups in total. The molecular formula is C14H19N3O2S. The number of thioether (sulfide) groups is 1. The minimum Gasteiger partial charge on any atom is -0.330 e. The minimum absolute atomic E-state index is 0.0113. The van der Waals surface area contributed by atoms with E-state index >= 15 is 0 Å². The number of nitrogens with two attached hydrogens (primary N) is 1. The van der Waals surface area contributed by atoms with Crippen LogP contribution in [-0.2, 0) is 9.59 Å². The number of benzene rings is 1. The fourth-order valence-electron chi connectivity index (χ4n) is 1.88. The molecule has 0 bridgehead atoms. The van der Waals surface area contributed by atoms with Crippen molar-refractivity contribution >= 4 is 35.0 Å². The van der Waals surface area contributed by atoms with Crippen molar-refractivity contribution in [1.29, 1.82) is 0 Å². The van der Waals surface area contributed by atoms with Crippen molar-refractivity contribution in [3.8, 4) is 0 Å². The van der Waals surface area contributed by atoms with Gasteiger partial charge >= 0.3 is 0 Å². The van der Waals surface area contributed by atoms with Gasteiger partial charge in [0, 0.05) is 17.0 Å². The lowest BCUT2D eigenvalue weighted by Crippen LogP contribution is -2.19. The number of carbonyl (C=O) groups excluding carboxylic acids is 2. The van der Waals surface area contributed by atoms with Gasteiger partial charge in [-0.15, -0.1) is 11.8 Å². The van der Waals surface area contributed by atoms with Crippen molar-refractivity contribution in [2.45, 2.75) is 24.7 Å². The van der Waals surface area contributed by atoms with Crippen LogP contribution in [0.25, 0.3) is 0 Å². The Morgan fingerprint density at radius 2 is 2.35 bits per heavy atom. The first-order valence-corrected chi connectivity index (χ1v) is 7.63. The van der Waals surface area contributed by atoms with E-state index in [4.69, 9.17) is 5.73 Å². The van der Waals surface area contributed by atoms with Crippen LogP contribution in [0.15, 0.2) is 23.1 Å². The first-order chi connectivity index (χ1) is 9.58. The largest absolute Gasteiger partial charge is 0.330 e. The van der Waals surface area contributed by atoms with Gasteiger partial charge in [-0.1, -0.05) is 6.92 Å². The van der Waals surface area contributed by atoms with Crippen LogP contribution < -0.4 is 16.4 Å². The monoisotopic (exact) mass is 293 g/mol. The van der Waals surface area contributed by atoms with Gasteiger partial charge in [-0.25, -0.2) is 0 Å². The lowest BCUT2D eigenvalue weighted by Gasteiger charge is -2.17. The highest BCUT2D eigenvalue weighted by atomic mass is 32.2. The van der Waals surface area contributed by atoms with Crippen LogP contribution in [0.5, 0.6) is 0 Å². The maximum Gasteiger partial charge on any atom is 0.234 e. The molecule has 6 heteroatoms. The fraction of sp³-hybridized carbons (Fsp3) is 0.429. The predicted molar refractivity (Wildman–Crippen MR) is 81.9 cm³/mol. The highest BCUT2D eigenvalue weighted by Crippen LogP contribution is 2.33. The molecule has 0 aliphatic carbocycles. The van der Waals surface area contributed by atoms with Crippen LogP contribution in [-0.4, -0.2) is 24.1 Å². The quantitative estimate of drug-likeness (QED) is 0.775. The van der Waals surface area contributed by atoms with Gasteiger partial charge in [-0.05, 0) is 37.1 Å². The van der Waals surface area contributed by atoms with E-state index in [1.807, 2.05) is 19.1 Å².